The van der Waals surface area contributed by atoms with E-state index in [1.165, 1.54) is 6.92 Å². The van der Waals surface area contributed by atoms with Crippen LogP contribution < -0.4 is 10.8 Å². The van der Waals surface area contributed by atoms with Crippen LogP contribution in [0.1, 0.15) is 6.92 Å². The standard InChI is InChI=1S/C4H10N2O2/c1-4(7)5-2-3-6-8/h6,8H,2-3H2,1H3,(H,5,7). The fourth-order valence-electron chi connectivity index (χ4n) is 0.294. The van der Waals surface area contributed by atoms with Gasteiger partial charge in [0.2, 0.25) is 5.91 Å². The van der Waals surface area contributed by atoms with Gasteiger partial charge in [-0.05, 0) is 0 Å². The van der Waals surface area contributed by atoms with E-state index in [-0.39, 0.29) is 5.91 Å². The molecule has 1 amide bonds. The maximum atomic E-state index is 10.1. The van der Waals surface area contributed by atoms with E-state index in [4.69, 9.17) is 5.21 Å². The van der Waals surface area contributed by atoms with Crippen molar-refractivity contribution in [3.8, 4) is 0 Å². The molecule has 0 aliphatic carbocycles. The van der Waals surface area contributed by atoms with Crippen molar-refractivity contribution in [2.45, 2.75) is 6.92 Å². The second-order valence-corrected chi connectivity index (χ2v) is 1.39. The van der Waals surface area contributed by atoms with Gasteiger partial charge in [0.05, 0.1) is 0 Å². The summed E-state index contributed by atoms with van der Waals surface area (Å²) in [4.78, 5) is 10.1. The Kier molecular flexibility index (Phi) is 4.20. The van der Waals surface area contributed by atoms with Gasteiger partial charge in [-0.15, -0.1) is 0 Å². The van der Waals surface area contributed by atoms with Gasteiger partial charge >= 0.3 is 0 Å². The molecule has 0 saturated carbocycles. The van der Waals surface area contributed by atoms with E-state index in [0.717, 1.165) is 0 Å². The van der Waals surface area contributed by atoms with E-state index >= 15 is 0 Å². The number of carbonyl (C=O) groups is 1. The maximum Gasteiger partial charge on any atom is 0.216 e. The zero-order valence-electron chi connectivity index (χ0n) is 4.77. The summed E-state index contributed by atoms with van der Waals surface area (Å²) in [5, 5.41) is 10.5. The van der Waals surface area contributed by atoms with Crippen LogP contribution in [0.4, 0.5) is 0 Å². The molecule has 0 heterocycles. The minimum atomic E-state index is -0.0831. The van der Waals surface area contributed by atoms with Gasteiger partial charge in [-0.2, -0.15) is 0 Å². The van der Waals surface area contributed by atoms with Crippen LogP contribution in [0, 0.1) is 0 Å². The summed E-state index contributed by atoms with van der Waals surface area (Å²) < 4.78 is 0. The molecule has 0 fully saturated rings. The summed E-state index contributed by atoms with van der Waals surface area (Å²) in [5.74, 6) is -0.0831. The van der Waals surface area contributed by atoms with Gasteiger partial charge in [-0.25, -0.2) is 5.48 Å². The minimum Gasteiger partial charge on any atom is -0.355 e. The Labute approximate surface area is 47.8 Å². The van der Waals surface area contributed by atoms with Crippen LogP contribution >= 0.6 is 0 Å². The highest BCUT2D eigenvalue weighted by Gasteiger charge is 1.85. The molecule has 0 unspecified atom stereocenters. The monoisotopic (exact) mass is 118 g/mol. The average Bonchev–Trinajstić information content (AvgIpc) is 1.66. The van der Waals surface area contributed by atoms with Gasteiger partial charge in [0.15, 0.2) is 0 Å². The zero-order valence-corrected chi connectivity index (χ0v) is 4.77. The maximum absolute atomic E-state index is 10.1. The molecule has 0 saturated heterocycles. The third-order valence-electron chi connectivity index (χ3n) is 0.611. The lowest BCUT2D eigenvalue weighted by atomic mass is 10.6. The predicted molar refractivity (Wildman–Crippen MR) is 28.5 cm³/mol. The topological polar surface area (TPSA) is 61.4 Å². The summed E-state index contributed by atoms with van der Waals surface area (Å²) in [5.41, 5.74) is 1.91. The van der Waals surface area contributed by atoms with Crippen LogP contribution in [0.15, 0.2) is 0 Å². The molecule has 0 aromatic rings. The van der Waals surface area contributed by atoms with Gasteiger partial charge < -0.3 is 10.5 Å². The molecule has 0 atom stereocenters. The van der Waals surface area contributed by atoms with Gasteiger partial charge in [0.25, 0.3) is 0 Å². The predicted octanol–water partition coefficient (Wildman–Crippen LogP) is -0.899. The Bertz CT molecular complexity index is 74.4. The Hall–Kier alpha value is -0.610. The summed E-state index contributed by atoms with van der Waals surface area (Å²) in [6, 6.07) is 0. The highest BCUT2D eigenvalue weighted by molar-refractivity contribution is 5.72. The third kappa shape index (κ3) is 5.39. The van der Waals surface area contributed by atoms with Crippen molar-refractivity contribution >= 4 is 5.91 Å². The lowest BCUT2D eigenvalue weighted by Crippen LogP contribution is -2.28. The first-order valence-corrected chi connectivity index (χ1v) is 2.38. The first kappa shape index (κ1) is 7.39. The van der Waals surface area contributed by atoms with E-state index in [1.54, 1.807) is 0 Å². The average molecular weight is 118 g/mol. The van der Waals surface area contributed by atoms with Gasteiger partial charge in [-0.1, -0.05) is 0 Å². The van der Waals surface area contributed by atoms with Crippen LogP contribution in [-0.4, -0.2) is 24.2 Å². The number of nitrogens with one attached hydrogen (secondary N) is 2. The number of hydroxylamine groups is 1. The van der Waals surface area contributed by atoms with Gasteiger partial charge in [-0.3, -0.25) is 4.79 Å². The molecular formula is C4H10N2O2. The summed E-state index contributed by atoms with van der Waals surface area (Å²) in [7, 11) is 0. The molecule has 0 aromatic carbocycles. The molecule has 0 aliphatic heterocycles. The van der Waals surface area contributed by atoms with E-state index in [2.05, 4.69) is 5.32 Å². The molecule has 0 aromatic heterocycles. The summed E-state index contributed by atoms with van der Waals surface area (Å²) in [6.07, 6.45) is 0. The number of hydrogen-bond donors (Lipinski definition) is 3. The van der Waals surface area contributed by atoms with E-state index < -0.39 is 0 Å². The molecule has 3 N–H and O–H groups in total. The molecule has 4 heteroatoms. The Balaban J connectivity index is 2.82. The third-order valence-corrected chi connectivity index (χ3v) is 0.611. The largest absolute Gasteiger partial charge is 0.355 e. The van der Waals surface area contributed by atoms with Gasteiger partial charge in [0, 0.05) is 20.0 Å². The first-order chi connectivity index (χ1) is 3.77. The number of amides is 1. The summed E-state index contributed by atoms with van der Waals surface area (Å²) in [6.45, 7) is 2.28. The first-order valence-electron chi connectivity index (χ1n) is 2.38. The Morgan fingerprint density at radius 3 is 2.62 bits per heavy atom. The van der Waals surface area contributed by atoms with Crippen LogP contribution in [0.25, 0.3) is 0 Å². The van der Waals surface area contributed by atoms with Gasteiger partial charge in [0.1, 0.15) is 0 Å². The molecule has 0 rings (SSSR count). The molecule has 0 radical (unpaired) electrons. The highest BCUT2D eigenvalue weighted by atomic mass is 16.5. The fourth-order valence-corrected chi connectivity index (χ4v) is 0.294. The van der Waals surface area contributed by atoms with Crippen molar-refractivity contribution in [1.29, 1.82) is 0 Å². The molecule has 8 heavy (non-hydrogen) atoms. The highest BCUT2D eigenvalue weighted by Crippen LogP contribution is 1.57. The Morgan fingerprint density at radius 2 is 2.25 bits per heavy atom. The second kappa shape index (κ2) is 4.55. The van der Waals surface area contributed by atoms with E-state index in [9.17, 15) is 4.79 Å². The normalized spacial score (nSPS) is 8.75. The van der Waals surface area contributed by atoms with Crippen molar-refractivity contribution in [3.63, 3.8) is 0 Å². The van der Waals surface area contributed by atoms with Crippen LogP contribution in [0.3, 0.4) is 0 Å². The number of hydrogen-bond acceptors (Lipinski definition) is 3. The summed E-state index contributed by atoms with van der Waals surface area (Å²) >= 11 is 0. The molecular weight excluding hydrogens is 108 g/mol. The molecule has 48 valence electrons. The van der Waals surface area contributed by atoms with Crippen molar-refractivity contribution in [1.82, 2.24) is 10.8 Å². The van der Waals surface area contributed by atoms with Crippen molar-refractivity contribution in [2.24, 2.45) is 0 Å². The fraction of sp³-hybridized carbons (Fsp3) is 0.750. The lowest BCUT2D eigenvalue weighted by Gasteiger charge is -1.97. The van der Waals surface area contributed by atoms with Crippen LogP contribution in [0.2, 0.25) is 0 Å². The molecule has 0 spiro atoms. The van der Waals surface area contributed by atoms with Crippen LogP contribution in [0.5, 0.6) is 0 Å². The van der Waals surface area contributed by atoms with Crippen molar-refractivity contribution in [3.05, 3.63) is 0 Å². The SMILES string of the molecule is CC(=O)NCCNO. The molecule has 0 aliphatic rings. The lowest BCUT2D eigenvalue weighted by molar-refractivity contribution is -0.118. The van der Waals surface area contributed by atoms with E-state index in [1.807, 2.05) is 5.48 Å². The molecule has 4 nitrogen and oxygen atoms in total. The zero-order chi connectivity index (χ0) is 6.41. The smallest absolute Gasteiger partial charge is 0.216 e. The van der Waals surface area contributed by atoms with Crippen LogP contribution in [-0.2, 0) is 4.79 Å². The molecule has 0 bridgehead atoms. The minimum absolute atomic E-state index is 0.0831. The van der Waals surface area contributed by atoms with Crippen molar-refractivity contribution < 1.29 is 10.0 Å². The van der Waals surface area contributed by atoms with E-state index in [0.29, 0.717) is 13.1 Å². The number of carbonyl (C=O) groups excluding carboxylic acids is 1. The number of rotatable bonds is 3. The Morgan fingerprint density at radius 1 is 1.62 bits per heavy atom. The quantitative estimate of drug-likeness (QED) is 0.332. The van der Waals surface area contributed by atoms with Crippen molar-refractivity contribution in [2.75, 3.05) is 13.1 Å². The second-order valence-electron chi connectivity index (χ2n) is 1.39.